The number of hydrogen-bond donors (Lipinski definition) is 2. The minimum Gasteiger partial charge on any atom is -0.465 e. The molecule has 1 atom stereocenters. The van der Waals surface area contributed by atoms with Crippen molar-refractivity contribution in [1.82, 2.24) is 15.5 Å². The summed E-state index contributed by atoms with van der Waals surface area (Å²) in [5.74, 6) is 1.95. The normalized spacial score (nSPS) is 16.1. The Morgan fingerprint density at radius 2 is 1.88 bits per heavy atom. The molecule has 1 aromatic heterocycles. The molecule has 2 aromatic rings. The first-order valence-electron chi connectivity index (χ1n) is 8.99. The third-order valence-corrected chi connectivity index (χ3v) is 4.78. The Labute approximate surface area is 149 Å². The Bertz CT molecular complexity index is 687. The number of amides is 1. The van der Waals surface area contributed by atoms with Crippen molar-refractivity contribution >= 4 is 5.91 Å². The Hall–Kier alpha value is -2.11. The van der Waals surface area contributed by atoms with Gasteiger partial charge >= 0.3 is 0 Å². The first-order chi connectivity index (χ1) is 12.2. The second-order valence-electron chi connectivity index (χ2n) is 6.61. The van der Waals surface area contributed by atoms with E-state index in [1.807, 2.05) is 37.3 Å². The van der Waals surface area contributed by atoms with Gasteiger partial charge in [0.25, 0.3) is 5.91 Å². The molecule has 1 aliphatic rings. The van der Waals surface area contributed by atoms with E-state index < -0.39 is 0 Å². The SMILES string of the molecule is CNC(=O)c1ccc(CNCC(c2ccc(C)o2)N2CCCC2)cc1. The molecule has 0 radical (unpaired) electrons. The number of carbonyl (C=O) groups excluding carboxylic acids is 1. The molecule has 0 bridgehead atoms. The van der Waals surface area contributed by atoms with E-state index in [4.69, 9.17) is 4.42 Å². The maximum absolute atomic E-state index is 11.6. The van der Waals surface area contributed by atoms with E-state index in [1.54, 1.807) is 7.05 Å². The highest BCUT2D eigenvalue weighted by atomic mass is 16.3. The molecule has 0 aliphatic carbocycles. The fourth-order valence-corrected chi connectivity index (χ4v) is 3.37. The number of furan rings is 1. The fraction of sp³-hybridized carbons (Fsp3) is 0.450. The Morgan fingerprint density at radius 1 is 1.16 bits per heavy atom. The van der Waals surface area contributed by atoms with Gasteiger partial charge < -0.3 is 15.1 Å². The number of nitrogens with zero attached hydrogens (tertiary/aromatic N) is 1. The van der Waals surface area contributed by atoms with E-state index in [9.17, 15) is 4.79 Å². The van der Waals surface area contributed by atoms with Gasteiger partial charge in [-0.2, -0.15) is 0 Å². The third kappa shape index (κ3) is 4.50. The van der Waals surface area contributed by atoms with Gasteiger partial charge in [-0.3, -0.25) is 9.69 Å². The molecular weight excluding hydrogens is 314 g/mol. The van der Waals surface area contributed by atoms with Gasteiger partial charge in [0.05, 0.1) is 6.04 Å². The lowest BCUT2D eigenvalue weighted by Crippen LogP contribution is -2.33. The summed E-state index contributed by atoms with van der Waals surface area (Å²) >= 11 is 0. The molecule has 1 unspecified atom stereocenters. The Balaban J connectivity index is 1.58. The highest BCUT2D eigenvalue weighted by Gasteiger charge is 2.25. The lowest BCUT2D eigenvalue weighted by atomic mass is 10.1. The largest absolute Gasteiger partial charge is 0.465 e. The molecule has 5 nitrogen and oxygen atoms in total. The number of aryl methyl sites for hydroxylation is 1. The average Bonchev–Trinajstić information content (AvgIpc) is 3.30. The quantitative estimate of drug-likeness (QED) is 0.813. The number of carbonyl (C=O) groups is 1. The molecule has 2 N–H and O–H groups in total. The third-order valence-electron chi connectivity index (χ3n) is 4.78. The van der Waals surface area contributed by atoms with Gasteiger partial charge in [0.2, 0.25) is 0 Å². The molecule has 0 spiro atoms. The zero-order valence-corrected chi connectivity index (χ0v) is 15.0. The molecule has 25 heavy (non-hydrogen) atoms. The summed E-state index contributed by atoms with van der Waals surface area (Å²) in [5.41, 5.74) is 1.86. The predicted molar refractivity (Wildman–Crippen MR) is 98.5 cm³/mol. The van der Waals surface area contributed by atoms with Gasteiger partial charge in [-0.05, 0) is 62.7 Å². The van der Waals surface area contributed by atoms with E-state index >= 15 is 0 Å². The van der Waals surface area contributed by atoms with Crippen LogP contribution in [-0.4, -0.2) is 37.5 Å². The number of hydrogen-bond acceptors (Lipinski definition) is 4. The van der Waals surface area contributed by atoms with E-state index in [0.29, 0.717) is 5.56 Å². The van der Waals surface area contributed by atoms with Crippen LogP contribution < -0.4 is 10.6 Å². The molecular formula is C20H27N3O2. The standard InChI is InChI=1S/C20H27N3O2/c1-15-5-10-19(25-15)18(23-11-3-4-12-23)14-22-13-16-6-8-17(9-7-16)20(24)21-2/h5-10,18,22H,3-4,11-14H2,1-2H3,(H,21,24). The van der Waals surface area contributed by atoms with Crippen LogP contribution in [0.5, 0.6) is 0 Å². The highest BCUT2D eigenvalue weighted by molar-refractivity contribution is 5.93. The highest BCUT2D eigenvalue weighted by Crippen LogP contribution is 2.26. The molecule has 1 amide bonds. The molecule has 3 rings (SSSR count). The molecule has 134 valence electrons. The van der Waals surface area contributed by atoms with Crippen LogP contribution in [0.4, 0.5) is 0 Å². The van der Waals surface area contributed by atoms with Crippen molar-refractivity contribution in [3.05, 3.63) is 59.0 Å². The summed E-state index contributed by atoms with van der Waals surface area (Å²) in [6, 6.07) is 12.1. The van der Waals surface area contributed by atoms with Crippen LogP contribution in [0.3, 0.4) is 0 Å². The van der Waals surface area contributed by atoms with Crippen molar-refractivity contribution in [3.63, 3.8) is 0 Å². The van der Waals surface area contributed by atoms with Crippen molar-refractivity contribution in [3.8, 4) is 0 Å². The van der Waals surface area contributed by atoms with Crippen molar-refractivity contribution in [2.75, 3.05) is 26.7 Å². The van der Waals surface area contributed by atoms with Crippen LogP contribution in [0.1, 0.15) is 46.3 Å². The summed E-state index contributed by atoms with van der Waals surface area (Å²) in [6.45, 7) is 5.88. The Kier molecular flexibility index (Phi) is 5.89. The smallest absolute Gasteiger partial charge is 0.251 e. The second-order valence-corrected chi connectivity index (χ2v) is 6.61. The van der Waals surface area contributed by atoms with Gasteiger partial charge in [-0.15, -0.1) is 0 Å². The number of rotatable bonds is 7. The number of likely N-dealkylation sites (tertiary alicyclic amines) is 1. The summed E-state index contributed by atoms with van der Waals surface area (Å²) in [7, 11) is 1.65. The summed E-state index contributed by atoms with van der Waals surface area (Å²) in [6.07, 6.45) is 2.52. The number of nitrogens with one attached hydrogen (secondary N) is 2. The van der Waals surface area contributed by atoms with Gasteiger partial charge in [-0.25, -0.2) is 0 Å². The van der Waals surface area contributed by atoms with E-state index in [1.165, 1.54) is 18.4 Å². The van der Waals surface area contributed by atoms with Gasteiger partial charge in [0, 0.05) is 25.7 Å². The summed E-state index contributed by atoms with van der Waals surface area (Å²) in [4.78, 5) is 14.1. The first-order valence-corrected chi connectivity index (χ1v) is 8.99. The van der Waals surface area contributed by atoms with Crippen LogP contribution in [0, 0.1) is 6.92 Å². The van der Waals surface area contributed by atoms with E-state index in [-0.39, 0.29) is 11.9 Å². The van der Waals surface area contributed by atoms with Gasteiger partial charge in [-0.1, -0.05) is 12.1 Å². The van der Waals surface area contributed by atoms with Crippen molar-refractivity contribution in [1.29, 1.82) is 0 Å². The molecule has 5 heteroatoms. The summed E-state index contributed by atoms with van der Waals surface area (Å²) < 4.78 is 5.89. The lowest BCUT2D eigenvalue weighted by Gasteiger charge is -2.26. The lowest BCUT2D eigenvalue weighted by molar-refractivity contribution is 0.0963. The minimum absolute atomic E-state index is 0.0539. The van der Waals surface area contributed by atoms with E-state index in [2.05, 4.69) is 21.6 Å². The molecule has 1 aromatic carbocycles. The topological polar surface area (TPSA) is 57.5 Å². The maximum Gasteiger partial charge on any atom is 0.251 e. The fourth-order valence-electron chi connectivity index (χ4n) is 3.37. The van der Waals surface area contributed by atoms with Gasteiger partial charge in [0.15, 0.2) is 0 Å². The molecule has 1 aliphatic heterocycles. The molecule has 1 fully saturated rings. The Morgan fingerprint density at radius 3 is 2.48 bits per heavy atom. The predicted octanol–water partition coefficient (Wildman–Crippen LogP) is 2.87. The monoisotopic (exact) mass is 341 g/mol. The van der Waals surface area contributed by atoms with Crippen LogP contribution in [0.25, 0.3) is 0 Å². The van der Waals surface area contributed by atoms with Crippen LogP contribution in [0.2, 0.25) is 0 Å². The number of benzene rings is 1. The summed E-state index contributed by atoms with van der Waals surface area (Å²) in [5, 5.41) is 6.19. The molecule has 2 heterocycles. The first kappa shape index (κ1) is 17.7. The van der Waals surface area contributed by atoms with Gasteiger partial charge in [0.1, 0.15) is 11.5 Å². The van der Waals surface area contributed by atoms with Crippen LogP contribution in [-0.2, 0) is 6.54 Å². The van der Waals surface area contributed by atoms with E-state index in [0.717, 1.165) is 37.7 Å². The minimum atomic E-state index is -0.0539. The van der Waals surface area contributed by atoms with Crippen LogP contribution >= 0.6 is 0 Å². The second kappa shape index (κ2) is 8.32. The zero-order chi connectivity index (χ0) is 17.6. The molecule has 1 saturated heterocycles. The average molecular weight is 341 g/mol. The van der Waals surface area contributed by atoms with Crippen LogP contribution in [0.15, 0.2) is 40.8 Å². The maximum atomic E-state index is 11.6. The van der Waals surface area contributed by atoms with Crippen molar-refractivity contribution in [2.45, 2.75) is 32.4 Å². The zero-order valence-electron chi connectivity index (χ0n) is 15.0. The van der Waals surface area contributed by atoms with Crippen molar-refractivity contribution < 1.29 is 9.21 Å². The van der Waals surface area contributed by atoms with Crippen molar-refractivity contribution in [2.24, 2.45) is 0 Å². The molecule has 0 saturated carbocycles.